The molecule has 0 spiro atoms. The maximum atomic E-state index is 11.8. The summed E-state index contributed by atoms with van der Waals surface area (Å²) in [6, 6.07) is 13.1. The van der Waals surface area contributed by atoms with Gasteiger partial charge in [0.15, 0.2) is 0 Å². The predicted molar refractivity (Wildman–Crippen MR) is 96.4 cm³/mol. The zero-order chi connectivity index (χ0) is 18.1. The number of carbonyl (C=O) groups excluding carboxylic acids is 2. The van der Waals surface area contributed by atoms with E-state index in [1.807, 2.05) is 0 Å². The molecule has 0 bridgehead atoms. The van der Waals surface area contributed by atoms with Crippen LogP contribution in [0.4, 0.5) is 10.5 Å². The third kappa shape index (κ3) is 6.35. The fourth-order valence-corrected chi connectivity index (χ4v) is 2.07. The van der Waals surface area contributed by atoms with Crippen LogP contribution in [0.3, 0.4) is 0 Å². The molecule has 0 saturated heterocycles. The zero-order valence-electron chi connectivity index (χ0n) is 13.8. The van der Waals surface area contributed by atoms with Crippen molar-refractivity contribution in [2.75, 3.05) is 25.1 Å². The molecule has 2 rings (SSSR count). The highest BCUT2D eigenvalue weighted by Gasteiger charge is 2.07. The molecule has 132 valence electrons. The molecular formula is C18H19ClN2O4. The van der Waals surface area contributed by atoms with Crippen molar-refractivity contribution in [3.63, 3.8) is 0 Å². The fourth-order valence-electron chi connectivity index (χ4n) is 1.94. The van der Waals surface area contributed by atoms with E-state index >= 15 is 0 Å². The number of nitrogens with one attached hydrogen (secondary N) is 2. The monoisotopic (exact) mass is 362 g/mol. The molecule has 2 N–H and O–H groups in total. The average Bonchev–Trinajstić information content (AvgIpc) is 2.61. The van der Waals surface area contributed by atoms with Crippen molar-refractivity contribution in [3.8, 4) is 5.75 Å². The van der Waals surface area contributed by atoms with Crippen molar-refractivity contribution in [2.24, 2.45) is 0 Å². The highest BCUT2D eigenvalue weighted by atomic mass is 35.5. The third-order valence-electron chi connectivity index (χ3n) is 3.12. The number of rotatable bonds is 7. The van der Waals surface area contributed by atoms with Gasteiger partial charge in [0, 0.05) is 10.7 Å². The van der Waals surface area contributed by atoms with E-state index in [9.17, 15) is 9.59 Å². The number of anilines is 1. The van der Waals surface area contributed by atoms with Crippen LogP contribution >= 0.6 is 11.6 Å². The number of halogens is 1. The lowest BCUT2D eigenvalue weighted by Crippen LogP contribution is -2.32. The van der Waals surface area contributed by atoms with E-state index < -0.39 is 5.97 Å². The Hall–Kier alpha value is -2.73. The number of urea groups is 1. The van der Waals surface area contributed by atoms with Gasteiger partial charge in [0.25, 0.3) is 0 Å². The molecule has 2 aromatic carbocycles. The standard InChI is InChI=1S/C18H19ClN2O4/c1-2-24-17(22)13-3-7-15(8-4-13)21-18(23)20-11-12-25-16-9-5-14(19)6-10-16/h3-10H,2,11-12H2,1H3,(H2,20,21,23). The minimum Gasteiger partial charge on any atom is -0.492 e. The molecule has 0 saturated carbocycles. The molecule has 0 aliphatic rings. The van der Waals surface area contributed by atoms with Gasteiger partial charge in [-0.1, -0.05) is 11.6 Å². The molecule has 7 heteroatoms. The molecule has 0 unspecified atom stereocenters. The Balaban J connectivity index is 1.71. The minimum atomic E-state index is -0.391. The van der Waals surface area contributed by atoms with E-state index in [1.54, 1.807) is 55.5 Å². The van der Waals surface area contributed by atoms with Gasteiger partial charge in [-0.15, -0.1) is 0 Å². The largest absolute Gasteiger partial charge is 0.492 e. The first-order chi connectivity index (χ1) is 12.1. The second-order valence-electron chi connectivity index (χ2n) is 4.98. The molecule has 25 heavy (non-hydrogen) atoms. The van der Waals surface area contributed by atoms with Gasteiger partial charge >= 0.3 is 12.0 Å². The molecule has 0 aromatic heterocycles. The van der Waals surface area contributed by atoms with Gasteiger partial charge in [0.2, 0.25) is 0 Å². The van der Waals surface area contributed by atoms with Gasteiger partial charge in [-0.2, -0.15) is 0 Å². The smallest absolute Gasteiger partial charge is 0.338 e. The average molecular weight is 363 g/mol. The number of benzene rings is 2. The molecule has 0 aliphatic carbocycles. The van der Waals surface area contributed by atoms with E-state index in [1.165, 1.54) is 0 Å². The summed E-state index contributed by atoms with van der Waals surface area (Å²) in [5.41, 5.74) is 1.01. The van der Waals surface area contributed by atoms with Crippen LogP contribution in [-0.2, 0) is 4.74 Å². The summed E-state index contributed by atoms with van der Waals surface area (Å²) in [5, 5.41) is 5.99. The normalized spacial score (nSPS) is 10.0. The first-order valence-corrected chi connectivity index (χ1v) is 8.16. The number of amides is 2. The summed E-state index contributed by atoms with van der Waals surface area (Å²) < 4.78 is 10.4. The molecule has 2 aromatic rings. The van der Waals surface area contributed by atoms with Crippen molar-refractivity contribution in [3.05, 3.63) is 59.1 Å². The SMILES string of the molecule is CCOC(=O)c1ccc(NC(=O)NCCOc2ccc(Cl)cc2)cc1. The summed E-state index contributed by atoms with van der Waals surface area (Å²) >= 11 is 5.79. The summed E-state index contributed by atoms with van der Waals surface area (Å²) in [7, 11) is 0. The van der Waals surface area contributed by atoms with E-state index in [4.69, 9.17) is 21.1 Å². The van der Waals surface area contributed by atoms with Crippen molar-refractivity contribution >= 4 is 29.3 Å². The molecular weight excluding hydrogens is 344 g/mol. The van der Waals surface area contributed by atoms with Crippen LogP contribution in [0.5, 0.6) is 5.75 Å². The van der Waals surface area contributed by atoms with Gasteiger partial charge in [0.05, 0.1) is 18.7 Å². The Kier molecular flexibility index (Phi) is 7.10. The van der Waals surface area contributed by atoms with Crippen LogP contribution in [0, 0.1) is 0 Å². The molecule has 6 nitrogen and oxygen atoms in total. The lowest BCUT2D eigenvalue weighted by molar-refractivity contribution is 0.0526. The maximum absolute atomic E-state index is 11.8. The van der Waals surface area contributed by atoms with E-state index in [0.29, 0.717) is 41.8 Å². The Morgan fingerprint density at radius 2 is 1.72 bits per heavy atom. The molecule has 0 atom stereocenters. The van der Waals surface area contributed by atoms with E-state index in [-0.39, 0.29) is 6.03 Å². The molecule has 0 aliphatic heterocycles. The van der Waals surface area contributed by atoms with Crippen LogP contribution in [0.15, 0.2) is 48.5 Å². The summed E-state index contributed by atoms with van der Waals surface area (Å²) in [4.78, 5) is 23.3. The lowest BCUT2D eigenvalue weighted by atomic mass is 10.2. The predicted octanol–water partition coefficient (Wildman–Crippen LogP) is 3.72. The van der Waals surface area contributed by atoms with Gasteiger partial charge in [-0.25, -0.2) is 9.59 Å². The second kappa shape index (κ2) is 9.54. The van der Waals surface area contributed by atoms with Crippen LogP contribution in [-0.4, -0.2) is 31.8 Å². The number of ether oxygens (including phenoxy) is 2. The molecule has 0 fully saturated rings. The summed E-state index contributed by atoms with van der Waals surface area (Å²) in [6.07, 6.45) is 0. The number of carbonyl (C=O) groups is 2. The zero-order valence-corrected chi connectivity index (χ0v) is 14.5. The van der Waals surface area contributed by atoms with Crippen LogP contribution in [0.2, 0.25) is 5.02 Å². The van der Waals surface area contributed by atoms with Crippen molar-refractivity contribution in [1.82, 2.24) is 5.32 Å². The lowest BCUT2D eigenvalue weighted by Gasteiger charge is -2.09. The van der Waals surface area contributed by atoms with Gasteiger partial charge in [0.1, 0.15) is 12.4 Å². The van der Waals surface area contributed by atoms with Crippen molar-refractivity contribution in [1.29, 1.82) is 0 Å². The molecule has 0 heterocycles. The minimum absolute atomic E-state index is 0.319. The number of hydrogen-bond acceptors (Lipinski definition) is 4. The highest BCUT2D eigenvalue weighted by molar-refractivity contribution is 6.30. The van der Waals surface area contributed by atoms with E-state index in [0.717, 1.165) is 0 Å². The Morgan fingerprint density at radius 3 is 2.36 bits per heavy atom. The van der Waals surface area contributed by atoms with Crippen LogP contribution in [0.25, 0.3) is 0 Å². The van der Waals surface area contributed by atoms with E-state index in [2.05, 4.69) is 10.6 Å². The number of esters is 1. The summed E-state index contributed by atoms with van der Waals surface area (Å²) in [5.74, 6) is 0.291. The van der Waals surface area contributed by atoms with Gasteiger partial charge < -0.3 is 20.1 Å². The second-order valence-corrected chi connectivity index (χ2v) is 5.42. The van der Waals surface area contributed by atoms with Gasteiger partial charge in [-0.05, 0) is 55.5 Å². The highest BCUT2D eigenvalue weighted by Crippen LogP contribution is 2.15. The Bertz CT molecular complexity index is 702. The Labute approximate surface area is 151 Å². The van der Waals surface area contributed by atoms with Crippen LogP contribution in [0.1, 0.15) is 17.3 Å². The first-order valence-electron chi connectivity index (χ1n) is 7.79. The van der Waals surface area contributed by atoms with Gasteiger partial charge in [-0.3, -0.25) is 0 Å². The van der Waals surface area contributed by atoms with Crippen molar-refractivity contribution in [2.45, 2.75) is 6.92 Å². The number of hydrogen-bond donors (Lipinski definition) is 2. The first kappa shape index (κ1) is 18.6. The molecule has 0 radical (unpaired) electrons. The quantitative estimate of drug-likeness (QED) is 0.581. The third-order valence-corrected chi connectivity index (χ3v) is 3.38. The van der Waals surface area contributed by atoms with Crippen LogP contribution < -0.4 is 15.4 Å². The topological polar surface area (TPSA) is 76.7 Å². The summed E-state index contributed by atoms with van der Waals surface area (Å²) in [6.45, 7) is 2.74. The maximum Gasteiger partial charge on any atom is 0.338 e. The Morgan fingerprint density at radius 1 is 1.04 bits per heavy atom. The molecule has 2 amide bonds. The van der Waals surface area contributed by atoms with Crippen molar-refractivity contribution < 1.29 is 19.1 Å². The fraction of sp³-hybridized carbons (Fsp3) is 0.222.